The third-order valence-corrected chi connectivity index (χ3v) is 6.30. The fourth-order valence-corrected chi connectivity index (χ4v) is 4.32. The van der Waals surface area contributed by atoms with E-state index in [0.717, 1.165) is 20.8 Å². The average Bonchev–Trinajstić information content (AvgIpc) is 2.95. The zero-order chi connectivity index (χ0) is 23.5. The van der Waals surface area contributed by atoms with Crippen molar-refractivity contribution in [3.63, 3.8) is 0 Å². The zero-order valence-electron chi connectivity index (χ0n) is 18.9. The number of para-hydroxylation sites is 2. The summed E-state index contributed by atoms with van der Waals surface area (Å²) in [5.74, 6) is 0.601. The van der Waals surface area contributed by atoms with Gasteiger partial charge >= 0.3 is 0 Å². The highest BCUT2D eigenvalue weighted by atomic mass is 79.9. The van der Waals surface area contributed by atoms with Gasteiger partial charge in [-0.05, 0) is 47.5 Å². The topological polar surface area (TPSA) is 93.9 Å². The Morgan fingerprint density at radius 2 is 2.03 bits per heavy atom. The minimum atomic E-state index is -0.863. The van der Waals surface area contributed by atoms with Crippen molar-refractivity contribution in [3.05, 3.63) is 64.6 Å². The highest BCUT2D eigenvalue weighted by molar-refractivity contribution is 9.10. The Hall–Kier alpha value is -2.81. The highest BCUT2D eigenvalue weighted by Crippen LogP contribution is 2.36. The van der Waals surface area contributed by atoms with Crippen LogP contribution in [0.15, 0.2) is 59.1 Å². The standard InChI is InChI=1S/C25H26BrN3O4.ClH/c1-3-19(27)24(30)28-20-14-33-23-7-5-4-6-21(23)29(25(20)31)13-18-17-10-9-16(26)12-15(17)8-11-22(18)32-2;/h4-12,19-20H,3,13-14,27H2,1-2H3,(H,28,30);1H/t19-,20-;/m0./s1. The van der Waals surface area contributed by atoms with Crippen LogP contribution in [0.3, 0.4) is 0 Å². The molecule has 1 aliphatic rings. The van der Waals surface area contributed by atoms with E-state index in [9.17, 15) is 9.59 Å². The SMILES string of the molecule is CC[C@H](N)C(=O)N[C@H]1COc2ccccc2N(Cc2c(OC)ccc3cc(Br)ccc23)C1=O.Cl. The first-order valence-electron chi connectivity index (χ1n) is 10.8. The molecule has 0 fully saturated rings. The van der Waals surface area contributed by atoms with Crippen molar-refractivity contribution < 1.29 is 19.1 Å². The summed E-state index contributed by atoms with van der Waals surface area (Å²) in [6.07, 6.45) is 0.473. The van der Waals surface area contributed by atoms with Gasteiger partial charge in [0, 0.05) is 10.0 Å². The summed E-state index contributed by atoms with van der Waals surface area (Å²) in [4.78, 5) is 27.8. The van der Waals surface area contributed by atoms with Crippen LogP contribution in [-0.4, -0.2) is 37.6 Å². The Morgan fingerprint density at radius 3 is 2.76 bits per heavy atom. The molecule has 0 saturated heterocycles. The number of fused-ring (bicyclic) bond motifs is 2. The first kappa shape index (κ1) is 25.8. The number of ether oxygens (including phenoxy) is 2. The normalized spacial score (nSPS) is 16.1. The quantitative estimate of drug-likeness (QED) is 0.482. The van der Waals surface area contributed by atoms with E-state index in [1.807, 2.05) is 61.5 Å². The number of amides is 2. The predicted molar refractivity (Wildman–Crippen MR) is 139 cm³/mol. The summed E-state index contributed by atoms with van der Waals surface area (Å²) < 4.78 is 12.5. The molecule has 3 N–H and O–H groups in total. The minimum Gasteiger partial charge on any atom is -0.496 e. The molecule has 0 spiro atoms. The zero-order valence-corrected chi connectivity index (χ0v) is 21.3. The predicted octanol–water partition coefficient (Wildman–Crippen LogP) is 4.18. The van der Waals surface area contributed by atoms with Crippen LogP contribution in [0.4, 0.5) is 5.69 Å². The van der Waals surface area contributed by atoms with E-state index in [2.05, 4.69) is 21.2 Å². The molecule has 9 heteroatoms. The maximum absolute atomic E-state index is 13.7. The van der Waals surface area contributed by atoms with Gasteiger partial charge in [-0.15, -0.1) is 12.4 Å². The first-order valence-corrected chi connectivity index (χ1v) is 11.6. The van der Waals surface area contributed by atoms with Gasteiger partial charge in [-0.2, -0.15) is 0 Å². The lowest BCUT2D eigenvalue weighted by molar-refractivity contribution is -0.128. The summed E-state index contributed by atoms with van der Waals surface area (Å²) in [6.45, 7) is 2.09. The van der Waals surface area contributed by atoms with Gasteiger partial charge in [0.15, 0.2) is 0 Å². The van der Waals surface area contributed by atoms with Gasteiger partial charge in [-0.1, -0.05) is 47.1 Å². The molecular weight excluding hydrogens is 522 g/mol. The number of hydrogen-bond donors (Lipinski definition) is 2. The van der Waals surface area contributed by atoms with Gasteiger partial charge in [-0.25, -0.2) is 0 Å². The third kappa shape index (κ3) is 5.14. The molecule has 7 nitrogen and oxygen atoms in total. The Bertz CT molecular complexity index is 1210. The van der Waals surface area contributed by atoms with Gasteiger partial charge in [0.1, 0.15) is 24.1 Å². The molecule has 2 atom stereocenters. The second-order valence-electron chi connectivity index (χ2n) is 7.89. The van der Waals surface area contributed by atoms with E-state index >= 15 is 0 Å². The molecule has 2 amide bonds. The van der Waals surface area contributed by atoms with Crippen LogP contribution in [0.1, 0.15) is 18.9 Å². The smallest absolute Gasteiger partial charge is 0.253 e. The molecule has 0 radical (unpaired) electrons. The van der Waals surface area contributed by atoms with Crippen LogP contribution in [0.5, 0.6) is 11.5 Å². The molecule has 0 unspecified atom stereocenters. The molecule has 180 valence electrons. The largest absolute Gasteiger partial charge is 0.496 e. The number of benzene rings is 3. The van der Waals surface area contributed by atoms with Gasteiger partial charge in [0.2, 0.25) is 5.91 Å². The van der Waals surface area contributed by atoms with E-state index in [4.69, 9.17) is 15.2 Å². The van der Waals surface area contributed by atoms with Crippen LogP contribution in [0.2, 0.25) is 0 Å². The number of carbonyl (C=O) groups excluding carboxylic acids is 2. The molecule has 3 aromatic carbocycles. The van der Waals surface area contributed by atoms with E-state index in [1.165, 1.54) is 0 Å². The van der Waals surface area contributed by atoms with Crippen LogP contribution in [0.25, 0.3) is 10.8 Å². The van der Waals surface area contributed by atoms with E-state index in [1.54, 1.807) is 12.0 Å². The molecule has 1 aliphatic heterocycles. The number of hydrogen-bond acceptors (Lipinski definition) is 5. The van der Waals surface area contributed by atoms with E-state index in [0.29, 0.717) is 23.6 Å². The van der Waals surface area contributed by atoms with E-state index < -0.39 is 12.1 Å². The average molecular weight is 549 g/mol. The highest BCUT2D eigenvalue weighted by Gasteiger charge is 2.34. The number of nitrogens with zero attached hydrogens (tertiary/aromatic N) is 1. The lowest BCUT2D eigenvalue weighted by Gasteiger charge is -2.26. The van der Waals surface area contributed by atoms with Crippen molar-refractivity contribution in [1.29, 1.82) is 0 Å². The maximum atomic E-state index is 13.7. The fraction of sp³-hybridized carbons (Fsp3) is 0.280. The molecule has 3 aromatic rings. The fourth-order valence-electron chi connectivity index (χ4n) is 3.94. The van der Waals surface area contributed by atoms with Gasteiger partial charge in [0.05, 0.1) is 25.4 Å². The Labute approximate surface area is 213 Å². The summed E-state index contributed by atoms with van der Waals surface area (Å²) >= 11 is 3.52. The van der Waals surface area contributed by atoms with E-state index in [-0.39, 0.29) is 37.4 Å². The number of nitrogens with two attached hydrogens (primary N) is 1. The number of nitrogens with one attached hydrogen (secondary N) is 1. The van der Waals surface area contributed by atoms with Crippen molar-refractivity contribution in [3.8, 4) is 11.5 Å². The summed E-state index contributed by atoms with van der Waals surface area (Å²) in [6, 6.07) is 15.7. The van der Waals surface area contributed by atoms with Crippen molar-refractivity contribution in [2.24, 2.45) is 5.73 Å². The van der Waals surface area contributed by atoms with Gasteiger partial charge < -0.3 is 25.4 Å². The lowest BCUT2D eigenvalue weighted by Crippen LogP contribution is -2.54. The van der Waals surface area contributed by atoms with Crippen molar-refractivity contribution >= 4 is 56.6 Å². The van der Waals surface area contributed by atoms with Crippen LogP contribution in [-0.2, 0) is 16.1 Å². The van der Waals surface area contributed by atoms with Gasteiger partial charge in [0.25, 0.3) is 5.91 Å². The molecular formula is C25H27BrClN3O4. The Balaban J connectivity index is 0.00000324. The summed E-state index contributed by atoms with van der Waals surface area (Å²) in [7, 11) is 1.61. The molecule has 0 aromatic heterocycles. The minimum absolute atomic E-state index is 0. The maximum Gasteiger partial charge on any atom is 0.253 e. The molecule has 1 heterocycles. The number of carbonyl (C=O) groups is 2. The Morgan fingerprint density at radius 1 is 1.26 bits per heavy atom. The molecule has 0 bridgehead atoms. The summed E-state index contributed by atoms with van der Waals surface area (Å²) in [5, 5.41) is 4.76. The molecule has 0 saturated carbocycles. The molecule has 34 heavy (non-hydrogen) atoms. The van der Waals surface area contributed by atoms with Crippen LogP contribution < -0.4 is 25.4 Å². The second kappa shape index (κ2) is 11.1. The van der Waals surface area contributed by atoms with Crippen molar-refractivity contribution in [2.75, 3.05) is 18.6 Å². The number of methoxy groups -OCH3 is 1. The lowest BCUT2D eigenvalue weighted by atomic mass is 10.0. The monoisotopic (exact) mass is 547 g/mol. The van der Waals surface area contributed by atoms with Crippen LogP contribution >= 0.6 is 28.3 Å². The van der Waals surface area contributed by atoms with Crippen molar-refractivity contribution in [2.45, 2.75) is 32.0 Å². The van der Waals surface area contributed by atoms with Crippen LogP contribution in [0, 0.1) is 0 Å². The Kier molecular flexibility index (Phi) is 8.41. The molecule has 4 rings (SSSR count). The molecule has 0 aliphatic carbocycles. The number of halogens is 2. The number of anilines is 1. The van der Waals surface area contributed by atoms with Crippen molar-refractivity contribution in [1.82, 2.24) is 5.32 Å². The van der Waals surface area contributed by atoms with Gasteiger partial charge in [-0.3, -0.25) is 9.59 Å². The first-order chi connectivity index (χ1) is 15.9. The number of rotatable bonds is 6. The second-order valence-corrected chi connectivity index (χ2v) is 8.81. The summed E-state index contributed by atoms with van der Waals surface area (Å²) in [5.41, 5.74) is 7.37. The third-order valence-electron chi connectivity index (χ3n) is 5.81.